The Kier molecular flexibility index (Phi) is 4.82. The van der Waals surface area contributed by atoms with Crippen LogP contribution in [-0.4, -0.2) is 5.78 Å². The van der Waals surface area contributed by atoms with E-state index >= 15 is 0 Å². The summed E-state index contributed by atoms with van der Waals surface area (Å²) < 4.78 is 0. The summed E-state index contributed by atoms with van der Waals surface area (Å²) in [6.45, 7) is 6.69. The third kappa shape index (κ3) is 2.83. The number of Topliss-reactive ketones (excluding diaryl/α,β-unsaturated/α-hetero) is 1. The monoisotopic (exact) mass is 210 g/mol. The third-order valence-corrected chi connectivity index (χ3v) is 4.16. The fourth-order valence-electron chi connectivity index (χ4n) is 2.97. The van der Waals surface area contributed by atoms with Crippen molar-refractivity contribution in [2.75, 3.05) is 0 Å². The SMILES string of the molecule is CCCCCC1(C(C)C)CCCCC1=O. The molecule has 0 N–H and O–H groups in total. The van der Waals surface area contributed by atoms with E-state index in [1.807, 2.05) is 0 Å². The van der Waals surface area contributed by atoms with Gasteiger partial charge in [-0.15, -0.1) is 0 Å². The van der Waals surface area contributed by atoms with E-state index in [2.05, 4.69) is 20.8 Å². The van der Waals surface area contributed by atoms with E-state index in [0.29, 0.717) is 11.7 Å². The molecule has 0 spiro atoms. The Morgan fingerprint density at radius 2 is 2.00 bits per heavy atom. The smallest absolute Gasteiger partial charge is 0.139 e. The molecule has 1 fully saturated rings. The molecule has 1 saturated carbocycles. The Labute approximate surface area is 94.6 Å². The summed E-state index contributed by atoms with van der Waals surface area (Å²) in [6, 6.07) is 0. The molecule has 0 bridgehead atoms. The highest BCUT2D eigenvalue weighted by atomic mass is 16.1. The van der Waals surface area contributed by atoms with E-state index < -0.39 is 0 Å². The maximum Gasteiger partial charge on any atom is 0.139 e. The fraction of sp³-hybridized carbons (Fsp3) is 0.929. The first kappa shape index (κ1) is 12.7. The molecule has 1 aliphatic rings. The minimum Gasteiger partial charge on any atom is -0.299 e. The zero-order chi connectivity index (χ0) is 11.3. The molecule has 0 saturated heterocycles. The molecule has 15 heavy (non-hydrogen) atoms. The van der Waals surface area contributed by atoms with Gasteiger partial charge in [0, 0.05) is 11.8 Å². The van der Waals surface area contributed by atoms with Crippen molar-refractivity contribution in [2.24, 2.45) is 11.3 Å². The Hall–Kier alpha value is -0.330. The fourth-order valence-corrected chi connectivity index (χ4v) is 2.97. The maximum atomic E-state index is 12.2. The van der Waals surface area contributed by atoms with Crippen LogP contribution in [0.5, 0.6) is 0 Å². The molecule has 1 unspecified atom stereocenters. The zero-order valence-corrected chi connectivity index (χ0v) is 10.6. The van der Waals surface area contributed by atoms with Crippen molar-refractivity contribution in [3.63, 3.8) is 0 Å². The van der Waals surface area contributed by atoms with Gasteiger partial charge in [-0.3, -0.25) is 4.79 Å². The highest BCUT2D eigenvalue weighted by Gasteiger charge is 2.41. The van der Waals surface area contributed by atoms with Gasteiger partial charge >= 0.3 is 0 Å². The number of unbranched alkanes of at least 4 members (excludes halogenated alkanes) is 2. The van der Waals surface area contributed by atoms with E-state index in [1.54, 1.807) is 0 Å². The van der Waals surface area contributed by atoms with Crippen LogP contribution in [0, 0.1) is 11.3 Å². The van der Waals surface area contributed by atoms with E-state index in [0.717, 1.165) is 25.7 Å². The molecule has 0 aromatic heterocycles. The summed E-state index contributed by atoms with van der Waals surface area (Å²) in [5, 5.41) is 0. The van der Waals surface area contributed by atoms with Gasteiger partial charge in [-0.2, -0.15) is 0 Å². The van der Waals surface area contributed by atoms with Crippen LogP contribution in [0.1, 0.15) is 72.1 Å². The summed E-state index contributed by atoms with van der Waals surface area (Å²) >= 11 is 0. The van der Waals surface area contributed by atoms with Crippen molar-refractivity contribution < 1.29 is 4.79 Å². The van der Waals surface area contributed by atoms with E-state index in [4.69, 9.17) is 0 Å². The first-order valence-electron chi connectivity index (χ1n) is 6.67. The van der Waals surface area contributed by atoms with Gasteiger partial charge in [0.1, 0.15) is 5.78 Å². The van der Waals surface area contributed by atoms with Crippen molar-refractivity contribution in [1.29, 1.82) is 0 Å². The molecular formula is C14H26O. The second-order valence-corrected chi connectivity index (χ2v) is 5.40. The molecule has 0 radical (unpaired) electrons. The summed E-state index contributed by atoms with van der Waals surface area (Å²) in [5.41, 5.74) is 0.0490. The largest absolute Gasteiger partial charge is 0.299 e. The molecule has 0 aromatic rings. The van der Waals surface area contributed by atoms with Crippen LogP contribution in [-0.2, 0) is 4.79 Å². The van der Waals surface area contributed by atoms with E-state index in [9.17, 15) is 4.79 Å². The number of ketones is 1. The molecule has 0 aliphatic heterocycles. The topological polar surface area (TPSA) is 17.1 Å². The van der Waals surface area contributed by atoms with Gasteiger partial charge in [0.05, 0.1) is 0 Å². The average Bonchev–Trinajstić information content (AvgIpc) is 2.21. The third-order valence-electron chi connectivity index (χ3n) is 4.16. The van der Waals surface area contributed by atoms with Crippen LogP contribution in [0.3, 0.4) is 0 Å². The lowest BCUT2D eigenvalue weighted by molar-refractivity contribution is -0.135. The molecule has 0 amide bonds. The van der Waals surface area contributed by atoms with Crippen LogP contribution >= 0.6 is 0 Å². The Bertz CT molecular complexity index is 207. The average molecular weight is 210 g/mol. The second-order valence-electron chi connectivity index (χ2n) is 5.40. The summed E-state index contributed by atoms with van der Waals surface area (Å²) in [6.07, 6.45) is 9.27. The molecule has 1 aliphatic carbocycles. The standard InChI is InChI=1S/C14H26O/c1-4-5-7-10-14(12(2)3)11-8-6-9-13(14)15/h12H,4-11H2,1-3H3. The predicted molar refractivity (Wildman–Crippen MR) is 64.9 cm³/mol. The van der Waals surface area contributed by atoms with Crippen LogP contribution in [0.4, 0.5) is 0 Å². The molecule has 1 heteroatoms. The Morgan fingerprint density at radius 1 is 1.27 bits per heavy atom. The van der Waals surface area contributed by atoms with Gasteiger partial charge in [0.2, 0.25) is 0 Å². The van der Waals surface area contributed by atoms with Crippen LogP contribution in [0.2, 0.25) is 0 Å². The minimum atomic E-state index is 0.0490. The molecule has 1 rings (SSSR count). The van der Waals surface area contributed by atoms with Gasteiger partial charge in [-0.1, -0.05) is 46.5 Å². The summed E-state index contributed by atoms with van der Waals surface area (Å²) in [5.74, 6) is 1.09. The van der Waals surface area contributed by atoms with Gasteiger partial charge in [-0.05, 0) is 25.2 Å². The van der Waals surface area contributed by atoms with Gasteiger partial charge in [0.25, 0.3) is 0 Å². The highest BCUT2D eigenvalue weighted by molar-refractivity contribution is 5.85. The minimum absolute atomic E-state index is 0.0490. The van der Waals surface area contributed by atoms with Gasteiger partial charge in [-0.25, -0.2) is 0 Å². The number of hydrogen-bond acceptors (Lipinski definition) is 1. The van der Waals surface area contributed by atoms with Crippen molar-refractivity contribution in [2.45, 2.75) is 72.1 Å². The van der Waals surface area contributed by atoms with Crippen LogP contribution in [0.25, 0.3) is 0 Å². The van der Waals surface area contributed by atoms with Crippen molar-refractivity contribution >= 4 is 5.78 Å². The molecular weight excluding hydrogens is 184 g/mol. The lowest BCUT2D eigenvalue weighted by Crippen LogP contribution is -2.38. The molecule has 1 nitrogen and oxygen atoms in total. The summed E-state index contributed by atoms with van der Waals surface area (Å²) in [4.78, 5) is 12.2. The summed E-state index contributed by atoms with van der Waals surface area (Å²) in [7, 11) is 0. The van der Waals surface area contributed by atoms with E-state index in [1.165, 1.54) is 25.7 Å². The predicted octanol–water partition coefficient (Wildman–Crippen LogP) is 4.35. The van der Waals surface area contributed by atoms with Crippen molar-refractivity contribution in [1.82, 2.24) is 0 Å². The Balaban J connectivity index is 2.63. The zero-order valence-electron chi connectivity index (χ0n) is 10.6. The van der Waals surface area contributed by atoms with Crippen LogP contribution in [0.15, 0.2) is 0 Å². The highest BCUT2D eigenvalue weighted by Crippen LogP contribution is 2.43. The number of carbonyl (C=O) groups excluding carboxylic acids is 1. The van der Waals surface area contributed by atoms with Crippen molar-refractivity contribution in [3.05, 3.63) is 0 Å². The van der Waals surface area contributed by atoms with Crippen LogP contribution < -0.4 is 0 Å². The van der Waals surface area contributed by atoms with Gasteiger partial charge < -0.3 is 0 Å². The molecule has 88 valence electrons. The lowest BCUT2D eigenvalue weighted by Gasteiger charge is -2.39. The normalized spacial score (nSPS) is 27.3. The van der Waals surface area contributed by atoms with Gasteiger partial charge in [0.15, 0.2) is 0 Å². The first-order chi connectivity index (χ1) is 7.13. The Morgan fingerprint density at radius 3 is 2.53 bits per heavy atom. The lowest BCUT2D eigenvalue weighted by atomic mass is 9.63. The van der Waals surface area contributed by atoms with E-state index in [-0.39, 0.29) is 5.41 Å². The maximum absolute atomic E-state index is 12.2. The number of carbonyl (C=O) groups is 1. The first-order valence-corrected chi connectivity index (χ1v) is 6.67. The second kappa shape index (κ2) is 5.67. The number of hydrogen-bond donors (Lipinski definition) is 0. The number of rotatable bonds is 5. The van der Waals surface area contributed by atoms with Crippen molar-refractivity contribution in [3.8, 4) is 0 Å². The quantitative estimate of drug-likeness (QED) is 0.616. The molecule has 0 heterocycles. The molecule has 0 aromatic carbocycles. The molecule has 1 atom stereocenters.